The Kier molecular flexibility index (Phi) is 5.33. The number of benzene rings is 1. The van der Waals surface area contributed by atoms with Gasteiger partial charge in [-0.05, 0) is 40.5 Å². The highest BCUT2D eigenvalue weighted by molar-refractivity contribution is 9.10. The third kappa shape index (κ3) is 4.48. The molecule has 0 unspecified atom stereocenters. The second-order valence-electron chi connectivity index (χ2n) is 4.02. The highest BCUT2D eigenvalue weighted by Gasteiger charge is 2.17. The lowest BCUT2D eigenvalue weighted by Crippen LogP contribution is -2.34. The van der Waals surface area contributed by atoms with Crippen LogP contribution in [0.4, 0.5) is 5.69 Å². The molecule has 0 fully saturated rings. The zero-order chi connectivity index (χ0) is 14.6. The zero-order valence-corrected chi connectivity index (χ0v) is 13.1. The molecule has 0 saturated carbocycles. The molecule has 0 aliphatic carbocycles. The molecule has 0 spiro atoms. The molecule has 6 nitrogen and oxygen atoms in total. The van der Waals surface area contributed by atoms with E-state index in [1.54, 1.807) is 13.0 Å². The highest BCUT2D eigenvalue weighted by atomic mass is 79.9. The lowest BCUT2D eigenvalue weighted by Gasteiger charge is -2.11. The van der Waals surface area contributed by atoms with Gasteiger partial charge in [-0.25, -0.2) is 13.1 Å². The summed E-state index contributed by atoms with van der Waals surface area (Å²) >= 11 is 3.24. The second kappa shape index (κ2) is 6.36. The molecule has 0 aliphatic heterocycles. The average molecular weight is 350 g/mol. The molecule has 0 aromatic heterocycles. The van der Waals surface area contributed by atoms with Crippen LogP contribution in [0.15, 0.2) is 21.5 Å². The Morgan fingerprint density at radius 3 is 2.58 bits per heavy atom. The summed E-state index contributed by atoms with van der Waals surface area (Å²) in [5.41, 5.74) is 6.63. The summed E-state index contributed by atoms with van der Waals surface area (Å²) in [4.78, 5) is 10.8. The first-order chi connectivity index (χ1) is 8.74. The standard InChI is InChI=1S/C11H16BrN3O3S/c1-7-5-9(12)10(13)6-11(7)19(17,18)15-4-3-14-8(2)16/h5-6,15H,3-4,13H2,1-2H3,(H,14,16). The fraction of sp³-hybridized carbons (Fsp3) is 0.364. The van der Waals surface area contributed by atoms with Crippen LogP contribution >= 0.6 is 15.9 Å². The van der Waals surface area contributed by atoms with Gasteiger partial charge in [0, 0.05) is 30.2 Å². The third-order valence-electron chi connectivity index (χ3n) is 2.37. The Hall–Kier alpha value is -1.12. The van der Waals surface area contributed by atoms with Gasteiger partial charge >= 0.3 is 0 Å². The number of nitrogen functional groups attached to an aromatic ring is 1. The number of anilines is 1. The highest BCUT2D eigenvalue weighted by Crippen LogP contribution is 2.26. The summed E-state index contributed by atoms with van der Waals surface area (Å²) < 4.78 is 27.2. The molecule has 1 rings (SSSR count). The quantitative estimate of drug-likeness (QED) is 0.539. The van der Waals surface area contributed by atoms with E-state index in [0.717, 1.165) is 0 Å². The molecule has 0 saturated heterocycles. The van der Waals surface area contributed by atoms with Crippen LogP contribution in [0.2, 0.25) is 0 Å². The molecule has 1 aromatic carbocycles. The van der Waals surface area contributed by atoms with Gasteiger partial charge in [-0.1, -0.05) is 0 Å². The van der Waals surface area contributed by atoms with Crippen LogP contribution in [0, 0.1) is 6.92 Å². The zero-order valence-electron chi connectivity index (χ0n) is 10.7. The predicted octanol–water partition coefficient (Wildman–Crippen LogP) is 0.754. The van der Waals surface area contributed by atoms with Crippen molar-refractivity contribution in [1.29, 1.82) is 0 Å². The Labute approximate surface area is 120 Å². The maximum Gasteiger partial charge on any atom is 0.240 e. The molecule has 8 heteroatoms. The van der Waals surface area contributed by atoms with Crippen molar-refractivity contribution in [3.8, 4) is 0 Å². The summed E-state index contributed by atoms with van der Waals surface area (Å²) in [6.07, 6.45) is 0. The van der Waals surface area contributed by atoms with E-state index >= 15 is 0 Å². The topological polar surface area (TPSA) is 101 Å². The normalized spacial score (nSPS) is 11.3. The van der Waals surface area contributed by atoms with Crippen LogP contribution < -0.4 is 15.8 Å². The number of carbonyl (C=O) groups is 1. The summed E-state index contributed by atoms with van der Waals surface area (Å²) in [5, 5.41) is 2.51. The monoisotopic (exact) mass is 349 g/mol. The summed E-state index contributed by atoms with van der Waals surface area (Å²) in [6, 6.07) is 3.05. The third-order valence-corrected chi connectivity index (χ3v) is 4.66. The molecule has 0 heterocycles. The van der Waals surface area contributed by atoms with Crippen LogP contribution in [0.1, 0.15) is 12.5 Å². The van der Waals surface area contributed by atoms with Gasteiger partial charge in [-0.2, -0.15) is 0 Å². The largest absolute Gasteiger partial charge is 0.398 e. The predicted molar refractivity (Wildman–Crippen MR) is 77.2 cm³/mol. The average Bonchev–Trinajstić information content (AvgIpc) is 2.29. The second-order valence-corrected chi connectivity index (χ2v) is 6.61. The number of amides is 1. The van der Waals surface area contributed by atoms with Gasteiger partial charge in [0.05, 0.1) is 4.90 Å². The minimum Gasteiger partial charge on any atom is -0.398 e. The van der Waals surface area contributed by atoms with Gasteiger partial charge < -0.3 is 11.1 Å². The fourth-order valence-corrected chi connectivity index (χ4v) is 3.21. The van der Waals surface area contributed by atoms with E-state index in [4.69, 9.17) is 5.73 Å². The first kappa shape index (κ1) is 15.9. The number of nitrogens with two attached hydrogens (primary N) is 1. The van der Waals surface area contributed by atoms with Crippen molar-refractivity contribution < 1.29 is 13.2 Å². The number of hydrogen-bond donors (Lipinski definition) is 3. The molecule has 0 atom stereocenters. The van der Waals surface area contributed by atoms with E-state index in [9.17, 15) is 13.2 Å². The van der Waals surface area contributed by atoms with Gasteiger partial charge in [0.2, 0.25) is 15.9 Å². The Morgan fingerprint density at radius 2 is 2.00 bits per heavy atom. The number of nitrogens with one attached hydrogen (secondary N) is 2. The van der Waals surface area contributed by atoms with Crippen molar-refractivity contribution in [1.82, 2.24) is 10.0 Å². The minimum atomic E-state index is -3.63. The molecule has 0 radical (unpaired) electrons. The number of sulfonamides is 1. The van der Waals surface area contributed by atoms with E-state index in [1.807, 2.05) is 0 Å². The van der Waals surface area contributed by atoms with E-state index in [0.29, 0.717) is 15.7 Å². The summed E-state index contributed by atoms with van der Waals surface area (Å²) in [5.74, 6) is -0.205. The molecule has 1 amide bonds. The van der Waals surface area contributed by atoms with E-state index < -0.39 is 10.0 Å². The molecule has 19 heavy (non-hydrogen) atoms. The smallest absolute Gasteiger partial charge is 0.240 e. The van der Waals surface area contributed by atoms with Crippen molar-refractivity contribution in [2.45, 2.75) is 18.7 Å². The molecular weight excluding hydrogens is 334 g/mol. The number of hydrogen-bond acceptors (Lipinski definition) is 4. The molecule has 106 valence electrons. The number of aryl methyl sites for hydroxylation is 1. The lowest BCUT2D eigenvalue weighted by molar-refractivity contribution is -0.118. The summed E-state index contributed by atoms with van der Waals surface area (Å²) in [7, 11) is -3.63. The Morgan fingerprint density at radius 1 is 1.37 bits per heavy atom. The Bertz CT molecular complexity index is 587. The molecule has 0 bridgehead atoms. The first-order valence-corrected chi connectivity index (χ1v) is 7.81. The van der Waals surface area contributed by atoms with Crippen molar-refractivity contribution in [2.24, 2.45) is 0 Å². The van der Waals surface area contributed by atoms with Crippen molar-refractivity contribution in [3.63, 3.8) is 0 Å². The van der Waals surface area contributed by atoms with Gasteiger partial charge in [0.1, 0.15) is 0 Å². The fourth-order valence-electron chi connectivity index (χ4n) is 1.46. The van der Waals surface area contributed by atoms with Crippen LogP contribution in [0.25, 0.3) is 0 Å². The first-order valence-electron chi connectivity index (χ1n) is 5.54. The van der Waals surface area contributed by atoms with Gasteiger partial charge in [-0.3, -0.25) is 4.79 Å². The van der Waals surface area contributed by atoms with Gasteiger partial charge in [0.25, 0.3) is 0 Å². The minimum absolute atomic E-state index is 0.122. The van der Waals surface area contributed by atoms with Crippen LogP contribution in [-0.4, -0.2) is 27.4 Å². The number of carbonyl (C=O) groups excluding carboxylic acids is 1. The van der Waals surface area contributed by atoms with E-state index in [2.05, 4.69) is 26.0 Å². The van der Waals surface area contributed by atoms with Gasteiger partial charge in [-0.15, -0.1) is 0 Å². The van der Waals surface area contributed by atoms with Crippen molar-refractivity contribution in [3.05, 3.63) is 22.2 Å². The van der Waals surface area contributed by atoms with Crippen LogP contribution in [-0.2, 0) is 14.8 Å². The van der Waals surface area contributed by atoms with E-state index in [-0.39, 0.29) is 23.9 Å². The summed E-state index contributed by atoms with van der Waals surface area (Å²) in [6.45, 7) is 3.41. The molecule has 0 aliphatic rings. The van der Waals surface area contributed by atoms with E-state index in [1.165, 1.54) is 13.0 Å². The Balaban J connectivity index is 2.83. The number of halogens is 1. The SMILES string of the molecule is CC(=O)NCCNS(=O)(=O)c1cc(N)c(Br)cc1C. The molecule has 1 aromatic rings. The number of rotatable bonds is 5. The maximum absolute atomic E-state index is 12.1. The van der Waals surface area contributed by atoms with Crippen molar-refractivity contribution >= 4 is 37.5 Å². The van der Waals surface area contributed by atoms with Crippen LogP contribution in [0.5, 0.6) is 0 Å². The maximum atomic E-state index is 12.1. The lowest BCUT2D eigenvalue weighted by atomic mass is 10.2. The van der Waals surface area contributed by atoms with Crippen LogP contribution in [0.3, 0.4) is 0 Å². The van der Waals surface area contributed by atoms with Gasteiger partial charge in [0.15, 0.2) is 0 Å². The molecular formula is C11H16BrN3O3S. The van der Waals surface area contributed by atoms with Crippen molar-refractivity contribution in [2.75, 3.05) is 18.8 Å². The molecule has 4 N–H and O–H groups in total.